The van der Waals surface area contributed by atoms with Crippen LogP contribution in [0.5, 0.6) is 0 Å². The van der Waals surface area contributed by atoms with E-state index < -0.39 is 12.6 Å². The van der Waals surface area contributed by atoms with Crippen molar-refractivity contribution in [3.8, 4) is 0 Å². The van der Waals surface area contributed by atoms with Gasteiger partial charge in [0.25, 0.3) is 0 Å². The Bertz CT molecular complexity index is 473. The Morgan fingerprint density at radius 1 is 1.08 bits per heavy atom. The van der Waals surface area contributed by atoms with E-state index in [-0.39, 0.29) is 12.5 Å². The van der Waals surface area contributed by atoms with E-state index in [0.29, 0.717) is 71.5 Å². The molecule has 2 saturated heterocycles. The lowest BCUT2D eigenvalue weighted by Crippen LogP contribution is -2.55. The Balaban J connectivity index is 1.79. The summed E-state index contributed by atoms with van der Waals surface area (Å²) in [5.74, 6) is 0.614. The zero-order chi connectivity index (χ0) is 19.0. The molecule has 150 valence electrons. The second kappa shape index (κ2) is 9.96. The maximum atomic E-state index is 12.3. The fourth-order valence-electron chi connectivity index (χ4n) is 2.94. The van der Waals surface area contributed by atoms with Gasteiger partial charge in [0.05, 0.1) is 32.7 Å². The number of rotatable bonds is 5. The summed E-state index contributed by atoms with van der Waals surface area (Å²) in [6.45, 7) is 7.64. The molecule has 0 aromatic heterocycles. The van der Waals surface area contributed by atoms with Crippen molar-refractivity contribution in [3.63, 3.8) is 0 Å². The number of nitrogens with one attached hydrogen (secondary N) is 1. The third kappa shape index (κ3) is 6.99. The van der Waals surface area contributed by atoms with Crippen LogP contribution in [-0.2, 0) is 9.53 Å². The number of aliphatic imine (C=N–C) groups is 1. The number of guanidine groups is 1. The highest BCUT2D eigenvalue weighted by molar-refractivity contribution is 5.80. The third-order valence-corrected chi connectivity index (χ3v) is 4.39. The lowest BCUT2D eigenvalue weighted by molar-refractivity contribution is -0.136. The zero-order valence-corrected chi connectivity index (χ0v) is 15.2. The van der Waals surface area contributed by atoms with E-state index in [0.717, 1.165) is 0 Å². The fourth-order valence-corrected chi connectivity index (χ4v) is 2.94. The van der Waals surface area contributed by atoms with Gasteiger partial charge in [-0.2, -0.15) is 13.2 Å². The highest BCUT2D eigenvalue weighted by Crippen LogP contribution is 2.19. The zero-order valence-electron chi connectivity index (χ0n) is 15.2. The van der Waals surface area contributed by atoms with E-state index >= 15 is 0 Å². The SMILES string of the molecule is CCNC(=NCCC(F)(F)F)N1CCN(CC(=O)N2CCOCC2)CC1. The van der Waals surface area contributed by atoms with Gasteiger partial charge in [0.1, 0.15) is 0 Å². The van der Waals surface area contributed by atoms with Crippen LogP contribution >= 0.6 is 0 Å². The number of amides is 1. The first-order valence-corrected chi connectivity index (χ1v) is 9.07. The predicted molar refractivity (Wildman–Crippen MR) is 92.1 cm³/mol. The van der Waals surface area contributed by atoms with Crippen molar-refractivity contribution < 1.29 is 22.7 Å². The molecule has 2 aliphatic rings. The highest BCUT2D eigenvalue weighted by Gasteiger charge is 2.27. The number of piperazine rings is 1. The van der Waals surface area contributed by atoms with Crippen LogP contribution in [0.25, 0.3) is 0 Å². The van der Waals surface area contributed by atoms with Gasteiger partial charge in [-0.25, -0.2) is 0 Å². The molecule has 0 bridgehead atoms. The lowest BCUT2D eigenvalue weighted by atomic mass is 10.3. The summed E-state index contributed by atoms with van der Waals surface area (Å²) in [6, 6.07) is 0. The molecule has 2 heterocycles. The second-order valence-electron chi connectivity index (χ2n) is 6.36. The quantitative estimate of drug-likeness (QED) is 0.553. The molecule has 0 atom stereocenters. The Morgan fingerprint density at radius 3 is 2.31 bits per heavy atom. The van der Waals surface area contributed by atoms with Crippen LogP contribution < -0.4 is 5.32 Å². The van der Waals surface area contributed by atoms with Crippen molar-refractivity contribution >= 4 is 11.9 Å². The molecular formula is C16H28F3N5O2. The van der Waals surface area contributed by atoms with Crippen LogP contribution in [0.1, 0.15) is 13.3 Å². The van der Waals surface area contributed by atoms with Gasteiger partial charge in [-0.05, 0) is 6.92 Å². The molecule has 1 amide bonds. The van der Waals surface area contributed by atoms with E-state index in [2.05, 4.69) is 15.2 Å². The van der Waals surface area contributed by atoms with Gasteiger partial charge in [0.15, 0.2) is 5.96 Å². The molecule has 0 spiro atoms. The highest BCUT2D eigenvalue weighted by atomic mass is 19.4. The van der Waals surface area contributed by atoms with Gasteiger partial charge in [-0.3, -0.25) is 14.7 Å². The van der Waals surface area contributed by atoms with Gasteiger partial charge in [-0.1, -0.05) is 0 Å². The smallest absolute Gasteiger partial charge is 0.378 e. The van der Waals surface area contributed by atoms with E-state index in [1.807, 2.05) is 16.7 Å². The van der Waals surface area contributed by atoms with E-state index in [9.17, 15) is 18.0 Å². The predicted octanol–water partition coefficient (Wildman–Crippen LogP) is 0.381. The minimum atomic E-state index is -4.20. The van der Waals surface area contributed by atoms with Crippen LogP contribution in [0, 0.1) is 0 Å². The molecule has 1 N–H and O–H groups in total. The maximum absolute atomic E-state index is 12.3. The largest absolute Gasteiger partial charge is 0.390 e. The topological polar surface area (TPSA) is 60.4 Å². The number of nitrogens with zero attached hydrogens (tertiary/aromatic N) is 4. The van der Waals surface area contributed by atoms with Gasteiger partial charge in [0, 0.05) is 45.8 Å². The minimum Gasteiger partial charge on any atom is -0.378 e. The summed E-state index contributed by atoms with van der Waals surface area (Å²) in [4.78, 5) is 22.2. The number of hydrogen-bond donors (Lipinski definition) is 1. The average Bonchev–Trinajstić information content (AvgIpc) is 2.61. The number of alkyl halides is 3. The van der Waals surface area contributed by atoms with E-state index in [4.69, 9.17) is 4.74 Å². The number of carbonyl (C=O) groups is 1. The van der Waals surface area contributed by atoms with Gasteiger partial charge >= 0.3 is 6.18 Å². The number of halogens is 3. The Hall–Kier alpha value is -1.55. The van der Waals surface area contributed by atoms with Crippen molar-refractivity contribution in [2.75, 3.05) is 72.1 Å². The summed E-state index contributed by atoms with van der Waals surface area (Å²) < 4.78 is 42.2. The molecule has 2 rings (SSSR count). The van der Waals surface area contributed by atoms with Crippen molar-refractivity contribution in [3.05, 3.63) is 0 Å². The molecule has 0 aromatic carbocycles. The summed E-state index contributed by atoms with van der Waals surface area (Å²) >= 11 is 0. The van der Waals surface area contributed by atoms with Crippen LogP contribution in [0.2, 0.25) is 0 Å². The van der Waals surface area contributed by atoms with Gasteiger partial charge < -0.3 is 19.9 Å². The first-order valence-electron chi connectivity index (χ1n) is 9.07. The molecule has 0 aliphatic carbocycles. The molecule has 2 fully saturated rings. The standard InChI is InChI=1S/C16H28F3N5O2/c1-2-20-15(21-4-3-16(17,18)19)24-7-5-22(6-8-24)13-14(25)23-9-11-26-12-10-23/h2-13H2,1H3,(H,20,21). The summed E-state index contributed by atoms with van der Waals surface area (Å²) in [5, 5.41) is 3.05. The molecule has 2 aliphatic heterocycles. The lowest BCUT2D eigenvalue weighted by Gasteiger charge is -2.37. The van der Waals surface area contributed by atoms with Crippen molar-refractivity contribution in [1.82, 2.24) is 20.0 Å². The number of ether oxygens (including phenoxy) is 1. The maximum Gasteiger partial charge on any atom is 0.390 e. The van der Waals surface area contributed by atoms with Crippen molar-refractivity contribution in [2.45, 2.75) is 19.5 Å². The van der Waals surface area contributed by atoms with Crippen LogP contribution in [-0.4, -0.2) is 105 Å². The van der Waals surface area contributed by atoms with Crippen molar-refractivity contribution in [1.29, 1.82) is 0 Å². The summed E-state index contributed by atoms with van der Waals surface area (Å²) in [7, 11) is 0. The van der Waals surface area contributed by atoms with Crippen LogP contribution in [0.3, 0.4) is 0 Å². The van der Waals surface area contributed by atoms with Gasteiger partial charge in [0.2, 0.25) is 5.91 Å². The summed E-state index contributed by atoms with van der Waals surface area (Å²) in [5.41, 5.74) is 0. The molecule has 0 saturated carbocycles. The summed E-state index contributed by atoms with van der Waals surface area (Å²) in [6.07, 6.45) is -5.12. The molecule has 26 heavy (non-hydrogen) atoms. The first kappa shape index (κ1) is 20.8. The first-order chi connectivity index (χ1) is 12.4. The van der Waals surface area contributed by atoms with E-state index in [1.165, 1.54) is 0 Å². The molecule has 10 heteroatoms. The normalized spacial score (nSPS) is 20.4. The Labute approximate surface area is 152 Å². The van der Waals surface area contributed by atoms with Gasteiger partial charge in [-0.15, -0.1) is 0 Å². The number of carbonyl (C=O) groups excluding carboxylic acids is 1. The van der Waals surface area contributed by atoms with Crippen molar-refractivity contribution in [2.24, 2.45) is 4.99 Å². The van der Waals surface area contributed by atoms with Crippen LogP contribution in [0.4, 0.5) is 13.2 Å². The van der Waals surface area contributed by atoms with Crippen LogP contribution in [0.15, 0.2) is 4.99 Å². The molecule has 0 unspecified atom stereocenters. The second-order valence-corrected chi connectivity index (χ2v) is 6.36. The third-order valence-electron chi connectivity index (χ3n) is 4.39. The minimum absolute atomic E-state index is 0.104. The Kier molecular flexibility index (Phi) is 7.95. The Morgan fingerprint density at radius 2 is 1.73 bits per heavy atom. The molecule has 7 nitrogen and oxygen atoms in total. The fraction of sp³-hybridized carbons (Fsp3) is 0.875. The molecule has 0 aromatic rings. The van der Waals surface area contributed by atoms with E-state index in [1.54, 1.807) is 0 Å². The number of morpholine rings is 1. The molecular weight excluding hydrogens is 351 g/mol. The number of hydrogen-bond acceptors (Lipinski definition) is 4. The molecule has 0 radical (unpaired) electrons. The average molecular weight is 379 g/mol. The monoisotopic (exact) mass is 379 g/mol.